The summed E-state index contributed by atoms with van der Waals surface area (Å²) in [6.07, 6.45) is 0. The number of nitrogens with zero attached hydrogens (tertiary/aromatic N) is 1. The number of anilines is 1. The van der Waals surface area contributed by atoms with Gasteiger partial charge in [-0.3, -0.25) is 4.79 Å². The molecule has 0 fully saturated rings. The van der Waals surface area contributed by atoms with Crippen molar-refractivity contribution in [2.75, 3.05) is 5.73 Å². The highest BCUT2D eigenvalue weighted by molar-refractivity contribution is 7.98. The molecule has 5 heteroatoms. The van der Waals surface area contributed by atoms with Crippen LogP contribution in [-0.2, 0) is 5.75 Å². The number of H-pyrrole nitrogens is 1. The number of aromatic amines is 1. The Morgan fingerprint density at radius 2 is 2.05 bits per heavy atom. The van der Waals surface area contributed by atoms with Crippen molar-refractivity contribution in [2.24, 2.45) is 0 Å². The second-order valence-corrected chi connectivity index (χ2v) is 5.89. The molecule has 1 aromatic heterocycles. The van der Waals surface area contributed by atoms with E-state index in [1.165, 1.54) is 0 Å². The Hall–Kier alpha value is -2.27. The van der Waals surface area contributed by atoms with Gasteiger partial charge in [0.25, 0.3) is 5.56 Å². The lowest BCUT2D eigenvalue weighted by atomic mass is 10.2. The minimum Gasteiger partial charge on any atom is -0.399 e. The Labute approximate surface area is 126 Å². The van der Waals surface area contributed by atoms with Crippen LogP contribution in [0.4, 0.5) is 5.69 Å². The second-order valence-electron chi connectivity index (χ2n) is 4.84. The van der Waals surface area contributed by atoms with E-state index in [9.17, 15) is 4.79 Å². The van der Waals surface area contributed by atoms with Crippen molar-refractivity contribution in [1.29, 1.82) is 0 Å². The molecule has 3 N–H and O–H groups in total. The average Bonchev–Trinajstić information content (AvgIpc) is 2.48. The Morgan fingerprint density at radius 1 is 1.24 bits per heavy atom. The van der Waals surface area contributed by atoms with Crippen molar-refractivity contribution in [1.82, 2.24) is 9.97 Å². The predicted octanol–water partition coefficient (Wildman–Crippen LogP) is 3.11. The van der Waals surface area contributed by atoms with Gasteiger partial charge in [0.2, 0.25) is 0 Å². The zero-order valence-electron chi connectivity index (χ0n) is 11.6. The first kappa shape index (κ1) is 13.7. The number of nitrogens with one attached hydrogen (secondary N) is 1. The van der Waals surface area contributed by atoms with E-state index in [4.69, 9.17) is 5.73 Å². The number of hydrogen-bond donors (Lipinski definition) is 2. The monoisotopic (exact) mass is 297 g/mol. The number of nitrogens with two attached hydrogens (primary N) is 1. The fourth-order valence-corrected chi connectivity index (χ4v) is 2.98. The molecule has 0 spiro atoms. The molecule has 2 aromatic carbocycles. The van der Waals surface area contributed by atoms with E-state index in [-0.39, 0.29) is 5.56 Å². The van der Waals surface area contributed by atoms with Crippen molar-refractivity contribution in [3.05, 3.63) is 64.1 Å². The summed E-state index contributed by atoms with van der Waals surface area (Å²) < 4.78 is 0. The molecular formula is C16H15N3OS. The number of para-hydroxylation sites is 2. The number of nitrogen functional groups attached to an aromatic ring is 1. The molecule has 0 saturated heterocycles. The van der Waals surface area contributed by atoms with Gasteiger partial charge in [-0.15, -0.1) is 11.8 Å². The highest BCUT2D eigenvalue weighted by Gasteiger charge is 2.06. The third-order valence-corrected chi connectivity index (χ3v) is 4.29. The molecule has 0 bridgehead atoms. The lowest BCUT2D eigenvalue weighted by molar-refractivity contribution is 1.10. The molecule has 0 atom stereocenters. The third-order valence-electron chi connectivity index (χ3n) is 3.29. The molecule has 21 heavy (non-hydrogen) atoms. The van der Waals surface area contributed by atoms with E-state index >= 15 is 0 Å². The summed E-state index contributed by atoms with van der Waals surface area (Å²) in [4.78, 5) is 20.4. The van der Waals surface area contributed by atoms with Crippen LogP contribution in [0, 0.1) is 6.92 Å². The summed E-state index contributed by atoms with van der Waals surface area (Å²) >= 11 is 1.58. The Kier molecular flexibility index (Phi) is 3.66. The second kappa shape index (κ2) is 5.61. The molecule has 0 unspecified atom stereocenters. The third kappa shape index (κ3) is 2.92. The first-order valence-electron chi connectivity index (χ1n) is 6.60. The van der Waals surface area contributed by atoms with Crippen molar-refractivity contribution in [3.63, 3.8) is 0 Å². The van der Waals surface area contributed by atoms with Gasteiger partial charge in [-0.05, 0) is 42.8 Å². The SMILES string of the molecule is Cc1cc(SCc2nc3ccccc3[nH]c2=O)ccc1N. The molecular weight excluding hydrogens is 282 g/mol. The number of hydrogen-bond acceptors (Lipinski definition) is 4. The van der Waals surface area contributed by atoms with Crippen LogP contribution in [0.25, 0.3) is 11.0 Å². The largest absolute Gasteiger partial charge is 0.399 e. The lowest BCUT2D eigenvalue weighted by Crippen LogP contribution is -2.14. The van der Waals surface area contributed by atoms with Crippen LogP contribution in [0.1, 0.15) is 11.3 Å². The topological polar surface area (TPSA) is 71.8 Å². The summed E-state index contributed by atoms with van der Waals surface area (Å²) in [6.45, 7) is 1.97. The fraction of sp³-hybridized carbons (Fsp3) is 0.125. The van der Waals surface area contributed by atoms with Crippen LogP contribution in [0.5, 0.6) is 0 Å². The van der Waals surface area contributed by atoms with Crippen molar-refractivity contribution in [3.8, 4) is 0 Å². The highest BCUT2D eigenvalue weighted by atomic mass is 32.2. The van der Waals surface area contributed by atoms with E-state index in [2.05, 4.69) is 9.97 Å². The maximum atomic E-state index is 12.0. The lowest BCUT2D eigenvalue weighted by Gasteiger charge is -2.05. The molecule has 0 radical (unpaired) electrons. The number of benzene rings is 2. The Bertz CT molecular complexity index is 858. The van der Waals surface area contributed by atoms with Crippen LogP contribution < -0.4 is 11.3 Å². The van der Waals surface area contributed by atoms with Crippen LogP contribution in [0.3, 0.4) is 0 Å². The Balaban J connectivity index is 1.86. The molecule has 0 aliphatic carbocycles. The van der Waals surface area contributed by atoms with Gasteiger partial charge in [0.1, 0.15) is 5.69 Å². The van der Waals surface area contributed by atoms with E-state index in [0.29, 0.717) is 11.4 Å². The smallest absolute Gasteiger partial charge is 0.271 e. The first-order chi connectivity index (χ1) is 10.1. The van der Waals surface area contributed by atoms with Crippen molar-refractivity contribution < 1.29 is 0 Å². The highest BCUT2D eigenvalue weighted by Crippen LogP contribution is 2.24. The molecule has 4 nitrogen and oxygen atoms in total. The zero-order chi connectivity index (χ0) is 14.8. The van der Waals surface area contributed by atoms with Gasteiger partial charge >= 0.3 is 0 Å². The molecule has 3 rings (SSSR count). The summed E-state index contributed by atoms with van der Waals surface area (Å²) in [5.41, 5.74) is 9.60. The Morgan fingerprint density at radius 3 is 2.86 bits per heavy atom. The predicted molar refractivity (Wildman–Crippen MR) is 87.5 cm³/mol. The average molecular weight is 297 g/mol. The zero-order valence-corrected chi connectivity index (χ0v) is 12.4. The minimum absolute atomic E-state index is 0.131. The number of aromatic nitrogens is 2. The summed E-state index contributed by atoms with van der Waals surface area (Å²) in [5.74, 6) is 0.531. The van der Waals surface area contributed by atoms with Gasteiger partial charge in [-0.25, -0.2) is 4.98 Å². The number of aryl methyl sites for hydroxylation is 1. The number of fused-ring (bicyclic) bond motifs is 1. The number of rotatable bonds is 3. The van der Waals surface area contributed by atoms with Gasteiger partial charge in [0, 0.05) is 16.3 Å². The van der Waals surface area contributed by atoms with Gasteiger partial charge in [0.15, 0.2) is 0 Å². The van der Waals surface area contributed by atoms with Crippen LogP contribution >= 0.6 is 11.8 Å². The van der Waals surface area contributed by atoms with Gasteiger partial charge in [-0.2, -0.15) is 0 Å². The van der Waals surface area contributed by atoms with Gasteiger partial charge in [0.05, 0.1) is 11.0 Å². The molecule has 0 aliphatic rings. The maximum Gasteiger partial charge on any atom is 0.271 e. The summed E-state index contributed by atoms with van der Waals surface area (Å²) in [6, 6.07) is 13.4. The molecule has 0 saturated carbocycles. The first-order valence-corrected chi connectivity index (χ1v) is 7.59. The van der Waals surface area contributed by atoms with Crippen molar-refractivity contribution in [2.45, 2.75) is 17.6 Å². The quantitative estimate of drug-likeness (QED) is 0.575. The van der Waals surface area contributed by atoms with E-state index in [0.717, 1.165) is 27.2 Å². The van der Waals surface area contributed by atoms with Crippen LogP contribution in [0.15, 0.2) is 52.2 Å². The fourth-order valence-electron chi connectivity index (χ4n) is 2.05. The van der Waals surface area contributed by atoms with E-state index in [1.54, 1.807) is 11.8 Å². The van der Waals surface area contributed by atoms with Crippen molar-refractivity contribution >= 4 is 28.5 Å². The standard InChI is InChI=1S/C16H15N3OS/c1-10-8-11(6-7-12(10)17)21-9-15-16(20)19-14-5-3-2-4-13(14)18-15/h2-8H,9,17H2,1H3,(H,19,20). The van der Waals surface area contributed by atoms with Gasteiger partial charge in [-0.1, -0.05) is 12.1 Å². The molecule has 0 aliphatic heterocycles. The van der Waals surface area contributed by atoms with Crippen LogP contribution in [-0.4, -0.2) is 9.97 Å². The summed E-state index contributed by atoms with van der Waals surface area (Å²) in [5, 5.41) is 0. The molecule has 0 amide bonds. The summed E-state index contributed by atoms with van der Waals surface area (Å²) in [7, 11) is 0. The van der Waals surface area contributed by atoms with Crippen LogP contribution in [0.2, 0.25) is 0 Å². The van der Waals surface area contributed by atoms with E-state index < -0.39 is 0 Å². The maximum absolute atomic E-state index is 12.0. The van der Waals surface area contributed by atoms with E-state index in [1.807, 2.05) is 49.4 Å². The molecule has 3 aromatic rings. The number of thioether (sulfide) groups is 1. The minimum atomic E-state index is -0.131. The van der Waals surface area contributed by atoms with Gasteiger partial charge < -0.3 is 10.7 Å². The normalized spacial score (nSPS) is 10.9. The molecule has 1 heterocycles. The molecule has 106 valence electrons.